The lowest BCUT2D eigenvalue weighted by Crippen LogP contribution is -2.47. The van der Waals surface area contributed by atoms with Crippen molar-refractivity contribution in [1.82, 2.24) is 14.3 Å². The molecule has 1 saturated carbocycles. The second-order valence-electron chi connectivity index (χ2n) is 6.47. The molecule has 2 unspecified atom stereocenters. The molecular weight excluding hydrogens is 290 g/mol. The zero-order valence-electron chi connectivity index (χ0n) is 13.3. The number of hydrogen-bond donors (Lipinski definition) is 2. The summed E-state index contributed by atoms with van der Waals surface area (Å²) in [6.07, 6.45) is 4.00. The molecule has 0 aromatic heterocycles. The summed E-state index contributed by atoms with van der Waals surface area (Å²) in [5, 5.41) is 3.29. The van der Waals surface area contributed by atoms with Crippen LogP contribution in [0, 0.1) is 5.92 Å². The van der Waals surface area contributed by atoms with Crippen LogP contribution in [0.2, 0.25) is 0 Å². The van der Waals surface area contributed by atoms with Gasteiger partial charge in [-0.3, -0.25) is 0 Å². The van der Waals surface area contributed by atoms with Gasteiger partial charge in [-0.1, -0.05) is 13.8 Å². The van der Waals surface area contributed by atoms with Gasteiger partial charge in [-0.15, -0.1) is 0 Å². The van der Waals surface area contributed by atoms with E-state index in [4.69, 9.17) is 4.74 Å². The molecule has 21 heavy (non-hydrogen) atoms. The molecule has 1 aliphatic heterocycles. The van der Waals surface area contributed by atoms with Crippen LogP contribution >= 0.6 is 0 Å². The minimum absolute atomic E-state index is 0.0567. The first-order valence-corrected chi connectivity index (χ1v) is 9.42. The van der Waals surface area contributed by atoms with Crippen LogP contribution < -0.4 is 10.0 Å². The van der Waals surface area contributed by atoms with Crippen molar-refractivity contribution in [3.63, 3.8) is 0 Å². The minimum Gasteiger partial charge on any atom is -0.376 e. The zero-order valence-corrected chi connectivity index (χ0v) is 14.2. The van der Waals surface area contributed by atoms with E-state index in [-0.39, 0.29) is 12.1 Å². The fourth-order valence-corrected chi connectivity index (χ4v) is 3.90. The lowest BCUT2D eigenvalue weighted by Gasteiger charge is -2.24. The molecular formula is C14H29N3O3S. The van der Waals surface area contributed by atoms with Crippen LogP contribution in [0.3, 0.4) is 0 Å². The third-order valence-electron chi connectivity index (χ3n) is 4.14. The van der Waals surface area contributed by atoms with Crippen molar-refractivity contribution < 1.29 is 13.2 Å². The highest BCUT2D eigenvalue weighted by Gasteiger charge is 2.42. The Labute approximate surface area is 128 Å². The van der Waals surface area contributed by atoms with E-state index < -0.39 is 10.2 Å². The summed E-state index contributed by atoms with van der Waals surface area (Å²) in [5.41, 5.74) is 0. The Morgan fingerprint density at radius 2 is 2.00 bits per heavy atom. The molecule has 0 aromatic carbocycles. The van der Waals surface area contributed by atoms with Crippen LogP contribution in [0.4, 0.5) is 0 Å². The Balaban J connectivity index is 1.77. The van der Waals surface area contributed by atoms with Crippen LogP contribution in [0.25, 0.3) is 0 Å². The van der Waals surface area contributed by atoms with Crippen molar-refractivity contribution in [3.05, 3.63) is 0 Å². The van der Waals surface area contributed by atoms with Crippen molar-refractivity contribution in [2.45, 2.75) is 57.7 Å². The number of ether oxygens (including phenoxy) is 1. The molecule has 0 aromatic rings. The molecule has 6 nitrogen and oxygen atoms in total. The van der Waals surface area contributed by atoms with Crippen LogP contribution in [-0.4, -0.2) is 57.7 Å². The van der Waals surface area contributed by atoms with E-state index in [0.717, 1.165) is 19.4 Å². The predicted molar refractivity (Wildman–Crippen MR) is 83.3 cm³/mol. The van der Waals surface area contributed by atoms with E-state index in [1.807, 2.05) is 0 Å². The number of hydrogen-bond acceptors (Lipinski definition) is 4. The predicted octanol–water partition coefficient (Wildman–Crippen LogP) is 0.708. The maximum atomic E-state index is 12.3. The molecule has 2 atom stereocenters. The molecule has 2 N–H and O–H groups in total. The zero-order chi connectivity index (χ0) is 15.5. The van der Waals surface area contributed by atoms with Crippen molar-refractivity contribution in [2.24, 2.45) is 5.92 Å². The molecule has 0 bridgehead atoms. The Bertz CT molecular complexity index is 423. The molecule has 0 spiro atoms. The van der Waals surface area contributed by atoms with Gasteiger partial charge in [0.1, 0.15) is 0 Å². The summed E-state index contributed by atoms with van der Waals surface area (Å²) >= 11 is 0. The van der Waals surface area contributed by atoms with Crippen LogP contribution in [0.15, 0.2) is 0 Å². The smallest absolute Gasteiger partial charge is 0.279 e. The Hall–Kier alpha value is -0.210. The fourth-order valence-electron chi connectivity index (χ4n) is 2.72. The van der Waals surface area contributed by atoms with Crippen molar-refractivity contribution in [3.8, 4) is 0 Å². The molecule has 7 heteroatoms. The Morgan fingerprint density at radius 1 is 1.29 bits per heavy atom. The second kappa shape index (κ2) is 7.37. The van der Waals surface area contributed by atoms with Gasteiger partial charge in [-0.25, -0.2) is 0 Å². The molecule has 124 valence electrons. The summed E-state index contributed by atoms with van der Waals surface area (Å²) in [4.78, 5) is 0. The molecule has 2 fully saturated rings. The topological polar surface area (TPSA) is 70.7 Å². The van der Waals surface area contributed by atoms with E-state index >= 15 is 0 Å². The standard InChI is InChI=1S/C14H29N3O3S/c1-11(2)15-8-4-9-17(3)21(18,19)16-13-7-10-20-14(13)12-5-6-12/h11-16H,4-10H2,1-3H3. The lowest BCUT2D eigenvalue weighted by atomic mass is 10.1. The highest BCUT2D eigenvalue weighted by molar-refractivity contribution is 7.87. The Morgan fingerprint density at radius 3 is 2.62 bits per heavy atom. The van der Waals surface area contributed by atoms with Gasteiger partial charge in [0, 0.05) is 26.2 Å². The van der Waals surface area contributed by atoms with Crippen molar-refractivity contribution >= 4 is 10.2 Å². The van der Waals surface area contributed by atoms with Gasteiger partial charge in [0.15, 0.2) is 0 Å². The van der Waals surface area contributed by atoms with Gasteiger partial charge >= 0.3 is 0 Å². The fraction of sp³-hybridized carbons (Fsp3) is 1.00. The molecule has 1 heterocycles. The summed E-state index contributed by atoms with van der Waals surface area (Å²) in [7, 11) is -1.77. The van der Waals surface area contributed by atoms with E-state index in [1.54, 1.807) is 7.05 Å². The number of rotatable bonds is 9. The molecule has 2 aliphatic rings. The van der Waals surface area contributed by atoms with Gasteiger partial charge in [0.05, 0.1) is 12.1 Å². The summed E-state index contributed by atoms with van der Waals surface area (Å²) in [5.74, 6) is 0.556. The van der Waals surface area contributed by atoms with E-state index in [0.29, 0.717) is 25.1 Å². The van der Waals surface area contributed by atoms with Crippen LogP contribution in [0.5, 0.6) is 0 Å². The summed E-state index contributed by atoms with van der Waals surface area (Å²) in [6.45, 7) is 6.18. The average molecular weight is 319 g/mol. The van der Waals surface area contributed by atoms with Gasteiger partial charge in [0.25, 0.3) is 10.2 Å². The second-order valence-corrected chi connectivity index (χ2v) is 8.28. The third-order valence-corrected chi connectivity index (χ3v) is 5.74. The molecule has 0 radical (unpaired) electrons. The van der Waals surface area contributed by atoms with Crippen LogP contribution in [-0.2, 0) is 14.9 Å². The Kier molecular flexibility index (Phi) is 6.02. The first-order valence-electron chi connectivity index (χ1n) is 7.98. The van der Waals surface area contributed by atoms with Crippen molar-refractivity contribution in [2.75, 3.05) is 26.7 Å². The highest BCUT2D eigenvalue weighted by Crippen LogP contribution is 2.38. The lowest BCUT2D eigenvalue weighted by molar-refractivity contribution is 0.0845. The SMILES string of the molecule is CC(C)NCCCN(C)S(=O)(=O)NC1CCOC1C1CC1. The first kappa shape index (κ1) is 17.1. The maximum Gasteiger partial charge on any atom is 0.279 e. The number of nitrogens with zero attached hydrogens (tertiary/aromatic N) is 1. The molecule has 0 amide bonds. The van der Waals surface area contributed by atoms with Gasteiger partial charge in [-0.05, 0) is 38.1 Å². The normalized spacial score (nSPS) is 26.9. The maximum absolute atomic E-state index is 12.3. The largest absolute Gasteiger partial charge is 0.376 e. The van der Waals surface area contributed by atoms with Gasteiger partial charge in [-0.2, -0.15) is 17.4 Å². The molecule has 1 saturated heterocycles. The number of nitrogens with one attached hydrogen (secondary N) is 2. The van der Waals surface area contributed by atoms with E-state index in [9.17, 15) is 8.42 Å². The molecule has 1 aliphatic carbocycles. The monoisotopic (exact) mass is 319 g/mol. The van der Waals surface area contributed by atoms with Crippen molar-refractivity contribution in [1.29, 1.82) is 0 Å². The minimum atomic E-state index is -3.41. The average Bonchev–Trinajstić information content (AvgIpc) is 3.15. The van der Waals surface area contributed by atoms with Gasteiger partial charge in [0.2, 0.25) is 0 Å². The molecule has 2 rings (SSSR count). The first-order chi connectivity index (χ1) is 9.90. The van der Waals surface area contributed by atoms with E-state index in [1.165, 1.54) is 17.1 Å². The van der Waals surface area contributed by atoms with E-state index in [2.05, 4.69) is 23.9 Å². The summed E-state index contributed by atoms with van der Waals surface area (Å²) in [6, 6.07) is 0.374. The quantitative estimate of drug-likeness (QED) is 0.614. The van der Waals surface area contributed by atoms with Crippen LogP contribution in [0.1, 0.15) is 39.5 Å². The van der Waals surface area contributed by atoms with Gasteiger partial charge < -0.3 is 10.1 Å². The third kappa shape index (κ3) is 5.17. The summed E-state index contributed by atoms with van der Waals surface area (Å²) < 4.78 is 34.6. The highest BCUT2D eigenvalue weighted by atomic mass is 32.2.